The second kappa shape index (κ2) is 6.76. The highest BCUT2D eigenvalue weighted by atomic mass is 16.6. The lowest BCUT2D eigenvalue weighted by atomic mass is 10.0. The summed E-state index contributed by atoms with van der Waals surface area (Å²) in [7, 11) is 0. The molecular weight excluding hydrogens is 272 g/mol. The molecule has 2 unspecified atom stereocenters. The first-order valence-corrected chi connectivity index (χ1v) is 7.37. The van der Waals surface area contributed by atoms with Crippen molar-refractivity contribution >= 4 is 11.4 Å². The van der Waals surface area contributed by atoms with E-state index in [1.165, 1.54) is 0 Å². The van der Waals surface area contributed by atoms with Gasteiger partial charge >= 0.3 is 5.69 Å². The van der Waals surface area contributed by atoms with E-state index < -0.39 is 4.92 Å². The zero-order chi connectivity index (χ0) is 15.4. The van der Waals surface area contributed by atoms with Gasteiger partial charge in [-0.2, -0.15) is 0 Å². The van der Waals surface area contributed by atoms with Gasteiger partial charge in [-0.15, -0.1) is 0 Å². The van der Waals surface area contributed by atoms with Gasteiger partial charge in [-0.3, -0.25) is 10.1 Å². The summed E-state index contributed by atoms with van der Waals surface area (Å²) in [5.41, 5.74) is 0.538. The van der Waals surface area contributed by atoms with E-state index in [4.69, 9.17) is 4.74 Å². The Morgan fingerprint density at radius 3 is 2.90 bits per heavy atom. The van der Waals surface area contributed by atoms with E-state index in [9.17, 15) is 15.2 Å². The fourth-order valence-electron chi connectivity index (χ4n) is 2.84. The van der Waals surface area contributed by atoms with E-state index in [1.54, 1.807) is 18.2 Å². The summed E-state index contributed by atoms with van der Waals surface area (Å²) in [5.74, 6) is 0.616. The van der Waals surface area contributed by atoms with Gasteiger partial charge in [-0.25, -0.2) is 0 Å². The Balaban J connectivity index is 2.41. The average molecular weight is 294 g/mol. The van der Waals surface area contributed by atoms with Crippen LogP contribution >= 0.6 is 0 Å². The van der Waals surface area contributed by atoms with Crippen LogP contribution in [0.1, 0.15) is 26.7 Å². The molecule has 21 heavy (non-hydrogen) atoms. The lowest BCUT2D eigenvalue weighted by molar-refractivity contribution is -0.385. The molecule has 2 rings (SSSR count). The van der Waals surface area contributed by atoms with Crippen LogP contribution < -0.4 is 9.64 Å². The number of nitrogens with zero attached hydrogens (tertiary/aromatic N) is 2. The van der Waals surface area contributed by atoms with Gasteiger partial charge in [0.25, 0.3) is 0 Å². The predicted octanol–water partition coefficient (Wildman–Crippen LogP) is 2.59. The van der Waals surface area contributed by atoms with Crippen molar-refractivity contribution in [3.05, 3.63) is 28.3 Å². The predicted molar refractivity (Wildman–Crippen MR) is 80.9 cm³/mol. The van der Waals surface area contributed by atoms with Gasteiger partial charge in [0.05, 0.1) is 24.2 Å². The molecule has 0 bridgehead atoms. The minimum atomic E-state index is -0.391. The van der Waals surface area contributed by atoms with E-state index in [0.29, 0.717) is 30.5 Å². The van der Waals surface area contributed by atoms with Crippen molar-refractivity contribution in [2.45, 2.75) is 32.7 Å². The molecule has 116 valence electrons. The Kier molecular flexibility index (Phi) is 5.01. The monoisotopic (exact) mass is 294 g/mol. The molecule has 1 saturated heterocycles. The molecule has 1 aromatic carbocycles. The van der Waals surface area contributed by atoms with Gasteiger partial charge in [0, 0.05) is 6.54 Å². The molecule has 1 aliphatic rings. The summed E-state index contributed by atoms with van der Waals surface area (Å²) in [6, 6.07) is 5.05. The zero-order valence-corrected chi connectivity index (χ0v) is 12.5. The number of nitro benzene ring substituents is 1. The Morgan fingerprint density at radius 1 is 1.52 bits per heavy atom. The van der Waals surface area contributed by atoms with Crippen LogP contribution in [0.25, 0.3) is 0 Å². The molecule has 1 fully saturated rings. The molecule has 0 amide bonds. The fourth-order valence-corrected chi connectivity index (χ4v) is 2.84. The summed E-state index contributed by atoms with van der Waals surface area (Å²) in [4.78, 5) is 13.0. The third-order valence-corrected chi connectivity index (χ3v) is 4.00. The standard InChI is InChI=1S/C15H22N2O4/c1-3-9-21-14-6-4-5-12(15(14)17(19)20)16-8-7-11(2)13(16)10-18/h4-6,11,13,18H,3,7-10H2,1-2H3. The summed E-state index contributed by atoms with van der Waals surface area (Å²) in [5, 5.41) is 21.0. The molecule has 1 heterocycles. The topological polar surface area (TPSA) is 75.8 Å². The van der Waals surface area contributed by atoms with E-state index in [0.717, 1.165) is 12.8 Å². The number of aliphatic hydroxyl groups excluding tert-OH is 1. The number of hydrogen-bond donors (Lipinski definition) is 1. The molecule has 1 aromatic rings. The maximum Gasteiger partial charge on any atom is 0.333 e. The Labute approximate surface area is 124 Å². The van der Waals surface area contributed by atoms with Crippen LogP contribution in [0, 0.1) is 16.0 Å². The number of ether oxygens (including phenoxy) is 1. The molecule has 0 aromatic heterocycles. The smallest absolute Gasteiger partial charge is 0.333 e. The first-order chi connectivity index (χ1) is 10.1. The number of aliphatic hydroxyl groups is 1. The molecule has 1 aliphatic heterocycles. The maximum atomic E-state index is 11.5. The van der Waals surface area contributed by atoms with Crippen LogP contribution in [0.3, 0.4) is 0 Å². The summed E-state index contributed by atoms with van der Waals surface area (Å²) in [6.07, 6.45) is 1.71. The van der Waals surface area contributed by atoms with Gasteiger partial charge in [0.15, 0.2) is 5.75 Å². The van der Waals surface area contributed by atoms with Crippen LogP contribution in [-0.2, 0) is 0 Å². The van der Waals surface area contributed by atoms with E-state index >= 15 is 0 Å². The summed E-state index contributed by atoms with van der Waals surface area (Å²) < 4.78 is 5.51. The van der Waals surface area contributed by atoms with Crippen LogP contribution in [0.2, 0.25) is 0 Å². The van der Waals surface area contributed by atoms with Gasteiger partial charge in [-0.1, -0.05) is 19.9 Å². The van der Waals surface area contributed by atoms with Gasteiger partial charge in [-0.05, 0) is 30.9 Å². The fraction of sp³-hybridized carbons (Fsp3) is 0.600. The Bertz CT molecular complexity index is 506. The average Bonchev–Trinajstić information content (AvgIpc) is 2.85. The highest BCUT2D eigenvalue weighted by Crippen LogP contribution is 2.41. The first kappa shape index (κ1) is 15.6. The molecule has 2 atom stereocenters. The molecular formula is C15H22N2O4. The highest BCUT2D eigenvalue weighted by molar-refractivity contribution is 5.70. The number of nitro groups is 1. The summed E-state index contributed by atoms with van der Waals surface area (Å²) >= 11 is 0. The largest absolute Gasteiger partial charge is 0.487 e. The second-order valence-electron chi connectivity index (χ2n) is 5.44. The van der Waals surface area contributed by atoms with Crippen molar-refractivity contribution in [1.29, 1.82) is 0 Å². The zero-order valence-electron chi connectivity index (χ0n) is 12.5. The van der Waals surface area contributed by atoms with Gasteiger partial charge in [0.2, 0.25) is 0 Å². The van der Waals surface area contributed by atoms with Crippen molar-refractivity contribution in [3.63, 3.8) is 0 Å². The van der Waals surface area contributed by atoms with Crippen LogP contribution in [0.4, 0.5) is 11.4 Å². The quantitative estimate of drug-likeness (QED) is 0.644. The number of para-hydroxylation sites is 1. The normalized spacial score (nSPS) is 21.6. The number of hydrogen-bond acceptors (Lipinski definition) is 5. The third-order valence-electron chi connectivity index (χ3n) is 4.00. The minimum absolute atomic E-state index is 0.00139. The lowest BCUT2D eigenvalue weighted by Gasteiger charge is -2.27. The lowest BCUT2D eigenvalue weighted by Crippen LogP contribution is -2.35. The number of anilines is 1. The molecule has 0 aliphatic carbocycles. The third kappa shape index (κ3) is 3.10. The van der Waals surface area contributed by atoms with E-state index in [1.807, 2.05) is 11.8 Å². The van der Waals surface area contributed by atoms with Crippen molar-refractivity contribution in [2.75, 3.05) is 24.7 Å². The van der Waals surface area contributed by atoms with Crippen molar-refractivity contribution in [1.82, 2.24) is 0 Å². The molecule has 1 N–H and O–H groups in total. The Hall–Kier alpha value is -1.82. The maximum absolute atomic E-state index is 11.5. The van der Waals surface area contributed by atoms with Gasteiger partial charge < -0.3 is 14.7 Å². The van der Waals surface area contributed by atoms with Crippen LogP contribution in [-0.4, -0.2) is 35.8 Å². The molecule has 6 heteroatoms. The van der Waals surface area contributed by atoms with E-state index in [-0.39, 0.29) is 18.3 Å². The van der Waals surface area contributed by atoms with Crippen molar-refractivity contribution < 1.29 is 14.8 Å². The van der Waals surface area contributed by atoms with Crippen LogP contribution in [0.5, 0.6) is 5.75 Å². The van der Waals surface area contributed by atoms with Gasteiger partial charge in [0.1, 0.15) is 5.69 Å². The van der Waals surface area contributed by atoms with Crippen molar-refractivity contribution in [3.8, 4) is 5.75 Å². The Morgan fingerprint density at radius 2 is 2.29 bits per heavy atom. The minimum Gasteiger partial charge on any atom is -0.487 e. The van der Waals surface area contributed by atoms with Crippen LogP contribution in [0.15, 0.2) is 18.2 Å². The molecule has 0 saturated carbocycles. The summed E-state index contributed by atoms with van der Waals surface area (Å²) in [6.45, 7) is 5.18. The van der Waals surface area contributed by atoms with E-state index in [2.05, 4.69) is 6.92 Å². The second-order valence-corrected chi connectivity index (χ2v) is 5.44. The highest BCUT2D eigenvalue weighted by Gasteiger charge is 2.35. The van der Waals surface area contributed by atoms with Crippen molar-refractivity contribution in [2.24, 2.45) is 5.92 Å². The SMILES string of the molecule is CCCOc1cccc(N2CCC(C)C2CO)c1[N+](=O)[O-]. The molecule has 0 spiro atoms. The number of benzene rings is 1. The first-order valence-electron chi connectivity index (χ1n) is 7.37. The molecule has 0 radical (unpaired) electrons. The molecule has 6 nitrogen and oxygen atoms in total. The number of rotatable bonds is 6.